The topological polar surface area (TPSA) is 15.5 Å². The molecule has 3 aromatic rings. The Kier molecular flexibility index (Phi) is 8.69. The van der Waals surface area contributed by atoms with Crippen molar-refractivity contribution >= 4 is 27.9 Å². The molecule has 6 heteroatoms. The number of fused-ring (bicyclic) bond motifs is 4. The van der Waals surface area contributed by atoms with E-state index in [0.29, 0.717) is 6.42 Å². The molecular weight excluding hydrogens is 581 g/mol. The van der Waals surface area contributed by atoms with Crippen LogP contribution in [-0.2, 0) is 10.8 Å². The molecule has 3 aliphatic rings. The molecule has 3 aromatic carbocycles. The summed E-state index contributed by atoms with van der Waals surface area (Å²) in [5.74, 6) is 0.693. The summed E-state index contributed by atoms with van der Waals surface area (Å²) < 4.78 is 46.0. The monoisotopic (exact) mass is 627 g/mol. The highest BCUT2D eigenvalue weighted by Gasteiger charge is 2.46. The lowest BCUT2D eigenvalue weighted by Gasteiger charge is -2.27. The third-order valence-corrected chi connectivity index (χ3v) is 10.6. The maximum absolute atomic E-state index is 13.1. The lowest BCUT2D eigenvalue weighted by atomic mass is 9.78. The number of rotatable bonds is 10. The third-order valence-electron chi connectivity index (χ3n) is 10.6. The van der Waals surface area contributed by atoms with Crippen molar-refractivity contribution in [1.82, 2.24) is 0 Å². The van der Waals surface area contributed by atoms with Gasteiger partial charge in [0.25, 0.3) is 0 Å². The molecule has 0 amide bonds. The summed E-state index contributed by atoms with van der Waals surface area (Å²) in [5, 5.41) is 2.55. The van der Waals surface area contributed by atoms with Crippen molar-refractivity contribution in [3.63, 3.8) is 0 Å². The van der Waals surface area contributed by atoms with Gasteiger partial charge in [0, 0.05) is 48.0 Å². The van der Waals surface area contributed by atoms with Crippen LogP contribution in [0.4, 0.5) is 24.5 Å². The molecule has 0 aromatic heterocycles. The average molecular weight is 628 g/mol. The summed E-state index contributed by atoms with van der Waals surface area (Å²) in [6.45, 7) is 11.7. The Bertz CT molecular complexity index is 1720. The molecule has 46 heavy (non-hydrogen) atoms. The van der Waals surface area contributed by atoms with E-state index >= 15 is 0 Å². The molecule has 1 unspecified atom stereocenters. The first-order valence-corrected chi connectivity index (χ1v) is 16.7. The maximum atomic E-state index is 13.1. The highest BCUT2D eigenvalue weighted by Crippen LogP contribution is 2.51. The Morgan fingerprint density at radius 1 is 1.02 bits per heavy atom. The number of unbranched alkanes of at least 4 members (excludes halogenated alkanes) is 1. The van der Waals surface area contributed by atoms with E-state index in [1.165, 1.54) is 78.4 Å². The van der Waals surface area contributed by atoms with Gasteiger partial charge in [0.1, 0.15) is 12.3 Å². The van der Waals surface area contributed by atoms with E-state index in [4.69, 9.17) is 0 Å². The molecule has 2 heterocycles. The minimum absolute atomic E-state index is 0.205. The molecule has 1 saturated carbocycles. The number of anilines is 1. The zero-order valence-electron chi connectivity index (χ0n) is 27.6. The number of halogens is 3. The van der Waals surface area contributed by atoms with Crippen LogP contribution in [0.3, 0.4) is 0 Å². The van der Waals surface area contributed by atoms with Gasteiger partial charge in [-0.2, -0.15) is 4.58 Å². The number of alkyl halides is 3. The van der Waals surface area contributed by atoms with Crippen LogP contribution in [0.2, 0.25) is 0 Å². The molecule has 1 aliphatic carbocycles. The normalized spacial score (nSPS) is 22.0. The van der Waals surface area contributed by atoms with Crippen molar-refractivity contribution in [2.75, 3.05) is 18.5 Å². The number of ether oxygens (including phenoxy) is 1. The molecular formula is C40H46F3N2O+. The summed E-state index contributed by atoms with van der Waals surface area (Å²) >= 11 is 0. The number of allylic oxidation sites excluding steroid dienone is 5. The van der Waals surface area contributed by atoms with Crippen molar-refractivity contribution in [2.24, 2.45) is 5.92 Å². The molecule has 242 valence electrons. The fourth-order valence-electron chi connectivity index (χ4n) is 8.39. The average Bonchev–Trinajstić information content (AvgIpc) is 3.65. The molecule has 6 rings (SSSR count). The van der Waals surface area contributed by atoms with Gasteiger partial charge in [0.15, 0.2) is 5.71 Å². The molecule has 1 fully saturated rings. The second kappa shape index (κ2) is 12.4. The van der Waals surface area contributed by atoms with Gasteiger partial charge in [-0.15, -0.1) is 19.8 Å². The highest BCUT2D eigenvalue weighted by molar-refractivity contribution is 6.07. The van der Waals surface area contributed by atoms with Gasteiger partial charge in [-0.1, -0.05) is 68.5 Å². The molecule has 0 N–H and O–H groups in total. The summed E-state index contributed by atoms with van der Waals surface area (Å²) in [6, 6.07) is 17.8. The van der Waals surface area contributed by atoms with Crippen LogP contribution in [0.1, 0.15) is 83.3 Å². The molecule has 0 spiro atoms. The zero-order valence-corrected chi connectivity index (χ0v) is 27.6. The van der Waals surface area contributed by atoms with Crippen LogP contribution in [0.15, 0.2) is 91.2 Å². The first-order valence-electron chi connectivity index (χ1n) is 16.7. The van der Waals surface area contributed by atoms with Crippen molar-refractivity contribution in [2.45, 2.75) is 89.3 Å². The summed E-state index contributed by atoms with van der Waals surface area (Å²) in [7, 11) is 1.97. The summed E-state index contributed by atoms with van der Waals surface area (Å²) in [5.41, 5.74) is 5.82. The maximum Gasteiger partial charge on any atom is 0.573 e. The Morgan fingerprint density at radius 2 is 1.78 bits per heavy atom. The molecule has 3 nitrogen and oxygen atoms in total. The highest BCUT2D eigenvalue weighted by atomic mass is 19.4. The molecule has 1 atom stereocenters. The van der Waals surface area contributed by atoms with Gasteiger partial charge in [0.2, 0.25) is 5.69 Å². The minimum atomic E-state index is -4.74. The zero-order chi connectivity index (χ0) is 32.7. The standard InChI is InChI=1S/C40H46F3N2O/c1-6-25-39(4)32-27-30(46-40(41,42)43)22-24-33(32)44(5)36(39)20-13-19-35-38(2,3)37-31-18-10-9-17-29(31)21-23-34(37)45(35)26-12-11-16-28-14-7-8-15-28/h6,9-10,13,17-24,27-28H,1,7-8,11-12,14-16,25-26H2,2-5H3/q+1. The summed E-state index contributed by atoms with van der Waals surface area (Å²) in [6.07, 6.45) is 13.4. The fourth-order valence-corrected chi connectivity index (χ4v) is 8.39. The lowest BCUT2D eigenvalue weighted by Crippen LogP contribution is -2.28. The minimum Gasteiger partial charge on any atom is -0.406 e. The van der Waals surface area contributed by atoms with Crippen LogP contribution in [0, 0.1) is 5.92 Å². The van der Waals surface area contributed by atoms with E-state index in [9.17, 15) is 13.2 Å². The molecule has 0 bridgehead atoms. The first-order chi connectivity index (χ1) is 21.9. The second-order valence-corrected chi connectivity index (χ2v) is 14.0. The lowest BCUT2D eigenvalue weighted by molar-refractivity contribution is -0.438. The van der Waals surface area contributed by atoms with Gasteiger partial charge >= 0.3 is 6.36 Å². The van der Waals surface area contributed by atoms with Crippen molar-refractivity contribution in [1.29, 1.82) is 0 Å². The van der Waals surface area contributed by atoms with Crippen molar-refractivity contribution in [3.05, 3.63) is 102 Å². The van der Waals surface area contributed by atoms with Crippen molar-refractivity contribution in [3.8, 4) is 5.75 Å². The first kappa shape index (κ1) is 32.2. The summed E-state index contributed by atoms with van der Waals surface area (Å²) in [4.78, 5) is 2.08. The van der Waals surface area contributed by atoms with Crippen LogP contribution in [-0.4, -0.2) is 30.2 Å². The van der Waals surface area contributed by atoms with Gasteiger partial charge in [-0.05, 0) is 86.2 Å². The van der Waals surface area contributed by atoms with Gasteiger partial charge in [-0.3, -0.25) is 0 Å². The Morgan fingerprint density at radius 3 is 2.52 bits per heavy atom. The van der Waals surface area contributed by atoms with E-state index in [0.717, 1.165) is 35.8 Å². The Hall–Kier alpha value is -3.80. The van der Waals surface area contributed by atoms with Crippen LogP contribution >= 0.6 is 0 Å². The third kappa shape index (κ3) is 5.91. The van der Waals surface area contributed by atoms with E-state index in [1.54, 1.807) is 6.07 Å². The number of nitrogens with zero attached hydrogens (tertiary/aromatic N) is 2. The smallest absolute Gasteiger partial charge is 0.406 e. The van der Waals surface area contributed by atoms with E-state index in [-0.39, 0.29) is 11.2 Å². The number of hydrogen-bond acceptors (Lipinski definition) is 2. The van der Waals surface area contributed by atoms with Crippen molar-refractivity contribution < 1.29 is 22.5 Å². The van der Waals surface area contributed by atoms with Crippen LogP contribution in [0.5, 0.6) is 5.75 Å². The van der Waals surface area contributed by atoms with Crippen LogP contribution < -0.4 is 9.64 Å². The van der Waals surface area contributed by atoms with Gasteiger partial charge < -0.3 is 9.64 Å². The van der Waals surface area contributed by atoms with E-state index in [1.807, 2.05) is 13.1 Å². The molecule has 2 aliphatic heterocycles. The van der Waals surface area contributed by atoms with Crippen LogP contribution in [0.25, 0.3) is 10.8 Å². The Labute approximate surface area is 271 Å². The number of benzene rings is 3. The second-order valence-electron chi connectivity index (χ2n) is 14.0. The largest absolute Gasteiger partial charge is 0.573 e. The van der Waals surface area contributed by atoms with Gasteiger partial charge in [-0.25, -0.2) is 0 Å². The van der Waals surface area contributed by atoms with Gasteiger partial charge in [0.05, 0.1) is 5.41 Å². The predicted octanol–water partition coefficient (Wildman–Crippen LogP) is 10.9. The number of hydrogen-bond donors (Lipinski definition) is 0. The van der Waals surface area contributed by atoms with E-state index in [2.05, 4.69) is 96.2 Å². The quantitative estimate of drug-likeness (QED) is 0.126. The van der Waals surface area contributed by atoms with E-state index < -0.39 is 11.8 Å². The fraction of sp³-hybridized carbons (Fsp3) is 0.425. The SMILES string of the molecule is C=CCC1(C)/C(=C\C=C\C2=[N+](CCCCC3CCCC3)c3ccc4ccccc4c3C2(C)C)N(C)c2ccc(OC(F)(F)F)cc21. The number of likely N-dealkylation sites (N-methyl/N-ethyl adjacent to an activating group) is 1. The predicted molar refractivity (Wildman–Crippen MR) is 183 cm³/mol. The molecule has 0 saturated heterocycles. The molecule has 0 radical (unpaired) electrons. The Balaban J connectivity index is 1.36.